The Morgan fingerprint density at radius 3 is 2.65 bits per heavy atom. The molecule has 23 heavy (non-hydrogen) atoms. The van der Waals surface area contributed by atoms with Crippen molar-refractivity contribution in [2.24, 2.45) is 0 Å². The number of hydrogen-bond donors (Lipinski definition) is 1. The summed E-state index contributed by atoms with van der Waals surface area (Å²) in [5.74, 6) is -1.41. The van der Waals surface area contributed by atoms with Crippen LogP contribution < -0.4 is 9.47 Å². The van der Waals surface area contributed by atoms with E-state index in [9.17, 15) is 9.59 Å². The summed E-state index contributed by atoms with van der Waals surface area (Å²) in [6.45, 7) is 2.52. The summed E-state index contributed by atoms with van der Waals surface area (Å²) in [4.78, 5) is 23.4. The van der Waals surface area contributed by atoms with Gasteiger partial charge in [-0.2, -0.15) is 0 Å². The maximum Gasteiger partial charge on any atom is 0.343 e. The van der Waals surface area contributed by atoms with Crippen molar-refractivity contribution < 1.29 is 24.2 Å². The molecule has 0 radical (unpaired) electrons. The van der Waals surface area contributed by atoms with Gasteiger partial charge in [0.25, 0.3) is 0 Å². The Morgan fingerprint density at radius 1 is 1.17 bits per heavy atom. The van der Waals surface area contributed by atoms with Crippen LogP contribution >= 0.6 is 11.6 Å². The number of rotatable bonds is 6. The van der Waals surface area contributed by atoms with Crippen molar-refractivity contribution in [3.8, 4) is 11.5 Å². The third-order valence-electron chi connectivity index (χ3n) is 2.92. The number of hydrogen-bond acceptors (Lipinski definition) is 4. The number of ether oxygens (including phenoxy) is 2. The first-order chi connectivity index (χ1) is 11.0. The molecule has 6 heteroatoms. The molecule has 0 heterocycles. The van der Waals surface area contributed by atoms with Crippen molar-refractivity contribution in [3.63, 3.8) is 0 Å². The first kappa shape index (κ1) is 16.8. The maximum absolute atomic E-state index is 12.2. The number of carboxylic acids is 1. The van der Waals surface area contributed by atoms with E-state index in [0.29, 0.717) is 12.4 Å². The molecule has 0 spiro atoms. The summed E-state index contributed by atoms with van der Waals surface area (Å²) in [5, 5.41) is 9.39. The second-order valence-corrected chi connectivity index (χ2v) is 5.15. The zero-order valence-electron chi connectivity index (χ0n) is 12.4. The third-order valence-corrected chi connectivity index (χ3v) is 3.15. The molecule has 0 saturated carbocycles. The molecule has 120 valence electrons. The van der Waals surface area contributed by atoms with Gasteiger partial charge in [0.2, 0.25) is 0 Å². The van der Waals surface area contributed by atoms with Gasteiger partial charge in [0.05, 0.1) is 12.2 Å². The molecule has 0 amide bonds. The van der Waals surface area contributed by atoms with Crippen LogP contribution in [0.4, 0.5) is 0 Å². The van der Waals surface area contributed by atoms with E-state index in [0.717, 1.165) is 6.42 Å². The van der Waals surface area contributed by atoms with Crippen LogP contribution in [0.2, 0.25) is 5.02 Å². The lowest BCUT2D eigenvalue weighted by molar-refractivity contribution is 0.0681. The molecule has 5 nitrogen and oxygen atoms in total. The number of esters is 1. The van der Waals surface area contributed by atoms with Gasteiger partial charge in [-0.1, -0.05) is 24.6 Å². The minimum atomic E-state index is -1.23. The summed E-state index contributed by atoms with van der Waals surface area (Å²) in [6, 6.07) is 10.6. The highest BCUT2D eigenvalue weighted by atomic mass is 35.5. The van der Waals surface area contributed by atoms with E-state index in [1.807, 2.05) is 6.92 Å². The fourth-order valence-corrected chi connectivity index (χ4v) is 2.02. The van der Waals surface area contributed by atoms with Crippen LogP contribution in [0.5, 0.6) is 11.5 Å². The molecule has 0 aliphatic rings. The second kappa shape index (κ2) is 7.65. The van der Waals surface area contributed by atoms with E-state index in [1.54, 1.807) is 24.3 Å². The molecule has 0 unspecified atom stereocenters. The van der Waals surface area contributed by atoms with Gasteiger partial charge in [-0.15, -0.1) is 0 Å². The highest BCUT2D eigenvalue weighted by Gasteiger charge is 2.16. The highest BCUT2D eigenvalue weighted by molar-refractivity contribution is 6.31. The lowest BCUT2D eigenvalue weighted by atomic mass is 10.2. The van der Waals surface area contributed by atoms with Gasteiger partial charge < -0.3 is 14.6 Å². The molecule has 0 aromatic heterocycles. The number of halogens is 1. The molecule has 0 aliphatic carbocycles. The second-order valence-electron chi connectivity index (χ2n) is 4.71. The van der Waals surface area contributed by atoms with E-state index in [4.69, 9.17) is 26.2 Å². The SMILES string of the molecule is CCCOc1cccc(C(=O)Oc2ccc(Cl)cc2C(=O)O)c1. The van der Waals surface area contributed by atoms with Crippen LogP contribution in [0.25, 0.3) is 0 Å². The summed E-state index contributed by atoms with van der Waals surface area (Å²) in [7, 11) is 0. The van der Waals surface area contributed by atoms with Gasteiger partial charge in [-0.3, -0.25) is 0 Å². The summed E-state index contributed by atoms with van der Waals surface area (Å²) < 4.78 is 10.6. The average molecular weight is 335 g/mol. The first-order valence-electron chi connectivity index (χ1n) is 6.99. The Balaban J connectivity index is 2.21. The quantitative estimate of drug-likeness (QED) is 0.637. The Labute approximate surface area is 138 Å². The van der Waals surface area contributed by atoms with Crippen molar-refractivity contribution in [3.05, 3.63) is 58.6 Å². The number of carboxylic acid groups (broad SMARTS) is 1. The van der Waals surface area contributed by atoms with E-state index in [2.05, 4.69) is 0 Å². The lowest BCUT2D eigenvalue weighted by Gasteiger charge is -2.09. The predicted octanol–water partition coefficient (Wildman–Crippen LogP) is 4.05. The fraction of sp³-hybridized carbons (Fsp3) is 0.176. The molecule has 2 aromatic carbocycles. The van der Waals surface area contributed by atoms with Crippen LogP contribution in [-0.2, 0) is 0 Å². The van der Waals surface area contributed by atoms with E-state index in [-0.39, 0.29) is 21.9 Å². The number of benzene rings is 2. The zero-order chi connectivity index (χ0) is 16.8. The van der Waals surface area contributed by atoms with Crippen LogP contribution in [0.1, 0.15) is 34.1 Å². The monoisotopic (exact) mass is 334 g/mol. The smallest absolute Gasteiger partial charge is 0.343 e. The van der Waals surface area contributed by atoms with Crippen LogP contribution in [0.3, 0.4) is 0 Å². The zero-order valence-corrected chi connectivity index (χ0v) is 13.2. The first-order valence-corrected chi connectivity index (χ1v) is 7.37. The molecule has 0 saturated heterocycles. The van der Waals surface area contributed by atoms with Gasteiger partial charge in [-0.05, 0) is 42.8 Å². The molecule has 1 N–H and O–H groups in total. The minimum absolute atomic E-state index is 0.0632. The van der Waals surface area contributed by atoms with E-state index >= 15 is 0 Å². The third kappa shape index (κ3) is 4.47. The maximum atomic E-state index is 12.2. The fourth-order valence-electron chi connectivity index (χ4n) is 1.85. The lowest BCUT2D eigenvalue weighted by Crippen LogP contribution is -2.11. The molecular formula is C17H15ClO5. The molecular weight excluding hydrogens is 320 g/mol. The van der Waals surface area contributed by atoms with Crippen molar-refractivity contribution >= 4 is 23.5 Å². The van der Waals surface area contributed by atoms with Crippen LogP contribution in [0, 0.1) is 0 Å². The van der Waals surface area contributed by atoms with Crippen molar-refractivity contribution in [2.45, 2.75) is 13.3 Å². The van der Waals surface area contributed by atoms with Crippen LogP contribution in [-0.4, -0.2) is 23.7 Å². The topological polar surface area (TPSA) is 72.8 Å². The summed E-state index contributed by atoms with van der Waals surface area (Å²) in [5.41, 5.74) is 0.0918. The Morgan fingerprint density at radius 2 is 1.96 bits per heavy atom. The van der Waals surface area contributed by atoms with Gasteiger partial charge in [-0.25, -0.2) is 9.59 Å². The van der Waals surface area contributed by atoms with Crippen LogP contribution in [0.15, 0.2) is 42.5 Å². The average Bonchev–Trinajstić information content (AvgIpc) is 2.54. The standard InChI is InChI=1S/C17H15ClO5/c1-2-8-22-13-5-3-4-11(9-13)17(21)23-15-7-6-12(18)10-14(15)16(19)20/h3-7,9-10H,2,8H2,1H3,(H,19,20). The Hall–Kier alpha value is -2.53. The van der Waals surface area contributed by atoms with E-state index in [1.165, 1.54) is 18.2 Å². The summed E-state index contributed by atoms with van der Waals surface area (Å²) in [6.07, 6.45) is 0.849. The van der Waals surface area contributed by atoms with Crippen molar-refractivity contribution in [1.29, 1.82) is 0 Å². The van der Waals surface area contributed by atoms with Gasteiger partial charge in [0, 0.05) is 5.02 Å². The molecule has 0 bridgehead atoms. The Kier molecular flexibility index (Phi) is 5.60. The van der Waals surface area contributed by atoms with Gasteiger partial charge in [0.1, 0.15) is 17.1 Å². The summed E-state index contributed by atoms with van der Waals surface area (Å²) >= 11 is 5.76. The molecule has 0 fully saturated rings. The van der Waals surface area contributed by atoms with Gasteiger partial charge >= 0.3 is 11.9 Å². The number of carbonyl (C=O) groups excluding carboxylic acids is 1. The molecule has 0 atom stereocenters. The van der Waals surface area contributed by atoms with Crippen molar-refractivity contribution in [2.75, 3.05) is 6.61 Å². The Bertz CT molecular complexity index is 727. The number of aromatic carboxylic acids is 1. The highest BCUT2D eigenvalue weighted by Crippen LogP contribution is 2.24. The van der Waals surface area contributed by atoms with Gasteiger partial charge in [0.15, 0.2) is 0 Å². The molecule has 2 rings (SSSR count). The minimum Gasteiger partial charge on any atom is -0.494 e. The van der Waals surface area contributed by atoms with Crippen molar-refractivity contribution in [1.82, 2.24) is 0 Å². The predicted molar refractivity (Wildman–Crippen MR) is 85.6 cm³/mol. The molecule has 2 aromatic rings. The largest absolute Gasteiger partial charge is 0.494 e. The molecule has 0 aliphatic heterocycles. The number of carbonyl (C=O) groups is 2. The van der Waals surface area contributed by atoms with E-state index < -0.39 is 11.9 Å². The normalized spacial score (nSPS) is 10.2.